The van der Waals surface area contributed by atoms with Gasteiger partial charge in [0.05, 0.1) is 0 Å². The summed E-state index contributed by atoms with van der Waals surface area (Å²) in [6, 6.07) is 0. The molecule has 0 N–H and O–H groups in total. The van der Waals surface area contributed by atoms with Gasteiger partial charge in [0.25, 0.3) is 0 Å². The van der Waals surface area contributed by atoms with Crippen molar-refractivity contribution >= 4 is 11.8 Å². The average Bonchev–Trinajstić information content (AvgIpc) is 2.60. The zero-order chi connectivity index (χ0) is 18.8. The van der Waals surface area contributed by atoms with Gasteiger partial charge in [0, 0.05) is 9.81 Å². The molecule has 2 aliphatic carbocycles. The van der Waals surface area contributed by atoms with E-state index in [0.29, 0.717) is 22.7 Å². The highest BCUT2D eigenvalue weighted by Crippen LogP contribution is 2.51. The van der Waals surface area contributed by atoms with Crippen LogP contribution in [0.5, 0.6) is 0 Å². The minimum absolute atomic E-state index is 0.321. The molecular formula is C24H38S. The van der Waals surface area contributed by atoms with E-state index in [1.54, 1.807) is 11.1 Å². The van der Waals surface area contributed by atoms with Crippen molar-refractivity contribution in [3.8, 4) is 0 Å². The molecule has 2 rings (SSSR count). The van der Waals surface area contributed by atoms with Gasteiger partial charge in [0.1, 0.15) is 0 Å². The molecule has 0 radical (unpaired) electrons. The van der Waals surface area contributed by atoms with Gasteiger partial charge < -0.3 is 0 Å². The number of rotatable bonds is 6. The van der Waals surface area contributed by atoms with Crippen molar-refractivity contribution in [3.63, 3.8) is 0 Å². The third kappa shape index (κ3) is 3.72. The fourth-order valence-electron chi connectivity index (χ4n) is 4.98. The Morgan fingerprint density at radius 2 is 1.12 bits per heavy atom. The molecule has 0 saturated heterocycles. The smallest absolute Gasteiger partial charge is 0.0111 e. The lowest BCUT2D eigenvalue weighted by Gasteiger charge is -2.40. The van der Waals surface area contributed by atoms with E-state index in [-0.39, 0.29) is 0 Å². The van der Waals surface area contributed by atoms with Gasteiger partial charge >= 0.3 is 0 Å². The van der Waals surface area contributed by atoms with Crippen LogP contribution in [0.1, 0.15) is 81.1 Å². The van der Waals surface area contributed by atoms with Crippen molar-refractivity contribution in [3.05, 3.63) is 45.3 Å². The number of hydrogen-bond donors (Lipinski definition) is 0. The van der Waals surface area contributed by atoms with Crippen LogP contribution in [0, 0.1) is 22.7 Å². The summed E-state index contributed by atoms with van der Waals surface area (Å²) in [5, 5.41) is 0. The lowest BCUT2D eigenvalue weighted by molar-refractivity contribution is 0.270. The van der Waals surface area contributed by atoms with E-state index in [2.05, 4.69) is 79.7 Å². The molecule has 4 atom stereocenters. The standard InChI is InChI=1S/C24H38S/c1-9-19-17(5)21(13-15-23(19,7)11-3)25-22-14-16-24(8,12-4)20(10-2)18(22)6/h13-16,19-20H,9-12H2,1-8H3. The summed E-state index contributed by atoms with van der Waals surface area (Å²) in [6.45, 7) is 18.9. The highest BCUT2D eigenvalue weighted by Gasteiger charge is 2.36. The minimum Gasteiger partial charge on any atom is -0.0902 e. The summed E-state index contributed by atoms with van der Waals surface area (Å²) >= 11 is 2.00. The molecule has 0 aromatic rings. The van der Waals surface area contributed by atoms with E-state index >= 15 is 0 Å². The molecule has 25 heavy (non-hydrogen) atoms. The first-order valence-corrected chi connectivity index (χ1v) is 11.1. The van der Waals surface area contributed by atoms with Gasteiger partial charge in [0.15, 0.2) is 0 Å². The Hall–Kier alpha value is -0.690. The van der Waals surface area contributed by atoms with Gasteiger partial charge in [0.2, 0.25) is 0 Å². The summed E-state index contributed by atoms with van der Waals surface area (Å²) in [5.74, 6) is 1.34. The van der Waals surface area contributed by atoms with Crippen LogP contribution in [-0.4, -0.2) is 0 Å². The summed E-state index contributed by atoms with van der Waals surface area (Å²) < 4.78 is 0. The van der Waals surface area contributed by atoms with Crippen molar-refractivity contribution in [1.82, 2.24) is 0 Å². The van der Waals surface area contributed by atoms with Crippen LogP contribution in [0.3, 0.4) is 0 Å². The maximum absolute atomic E-state index is 2.48. The van der Waals surface area contributed by atoms with Crippen LogP contribution >= 0.6 is 11.8 Å². The largest absolute Gasteiger partial charge is 0.0902 e. The van der Waals surface area contributed by atoms with Crippen molar-refractivity contribution in [1.29, 1.82) is 0 Å². The van der Waals surface area contributed by atoms with Gasteiger partial charge in [-0.2, -0.15) is 0 Å². The second kappa shape index (κ2) is 7.91. The first kappa shape index (κ1) is 20.6. The third-order valence-corrected chi connectivity index (χ3v) is 8.56. The number of allylic oxidation sites excluding steroid dienone is 6. The van der Waals surface area contributed by atoms with E-state index in [0.717, 1.165) is 0 Å². The zero-order valence-electron chi connectivity index (χ0n) is 17.7. The first-order valence-electron chi connectivity index (χ1n) is 10.2. The molecule has 4 unspecified atom stereocenters. The molecule has 0 aromatic heterocycles. The van der Waals surface area contributed by atoms with E-state index < -0.39 is 0 Å². The molecule has 0 amide bonds. The zero-order valence-corrected chi connectivity index (χ0v) is 18.5. The van der Waals surface area contributed by atoms with Crippen molar-refractivity contribution < 1.29 is 0 Å². The van der Waals surface area contributed by atoms with Gasteiger partial charge in [-0.25, -0.2) is 0 Å². The van der Waals surface area contributed by atoms with Crippen molar-refractivity contribution in [2.75, 3.05) is 0 Å². The Labute approximate surface area is 160 Å². The molecule has 0 aliphatic heterocycles. The fourth-order valence-corrected chi connectivity index (χ4v) is 6.10. The Balaban J connectivity index is 2.34. The molecule has 0 saturated carbocycles. The molecule has 2 aliphatic rings. The molecule has 0 aromatic carbocycles. The topological polar surface area (TPSA) is 0 Å². The predicted molar refractivity (Wildman–Crippen MR) is 116 cm³/mol. The molecule has 140 valence electrons. The van der Waals surface area contributed by atoms with Gasteiger partial charge in [-0.05, 0) is 62.2 Å². The van der Waals surface area contributed by atoms with Crippen molar-refractivity contribution in [2.45, 2.75) is 81.1 Å². The summed E-state index contributed by atoms with van der Waals surface area (Å²) in [7, 11) is 0. The maximum Gasteiger partial charge on any atom is 0.0111 e. The van der Waals surface area contributed by atoms with Crippen LogP contribution < -0.4 is 0 Å². The highest BCUT2D eigenvalue weighted by molar-refractivity contribution is 8.07. The second-order valence-electron chi connectivity index (χ2n) is 8.50. The minimum atomic E-state index is 0.321. The summed E-state index contributed by atoms with van der Waals surface area (Å²) in [6.07, 6.45) is 14.6. The predicted octanol–water partition coefficient (Wildman–Crippen LogP) is 8.29. The SMILES string of the molecule is CCC1C(C)=C(SC2=C(C)C(CC)C(C)(CC)C=C2)C=CC1(C)CC. The van der Waals surface area contributed by atoms with Crippen LogP contribution in [-0.2, 0) is 0 Å². The van der Waals surface area contributed by atoms with Crippen molar-refractivity contribution in [2.24, 2.45) is 22.7 Å². The lowest BCUT2D eigenvalue weighted by atomic mass is 9.68. The molecular weight excluding hydrogens is 320 g/mol. The molecule has 0 nitrogen and oxygen atoms in total. The molecule has 0 heterocycles. The normalized spacial score (nSPS) is 35.7. The Morgan fingerprint density at radius 3 is 1.40 bits per heavy atom. The van der Waals surface area contributed by atoms with Gasteiger partial charge in [-0.15, -0.1) is 0 Å². The number of thioether (sulfide) groups is 1. The van der Waals surface area contributed by atoms with Crippen LogP contribution in [0.25, 0.3) is 0 Å². The third-order valence-electron chi connectivity index (χ3n) is 7.21. The van der Waals surface area contributed by atoms with Crippen LogP contribution in [0.4, 0.5) is 0 Å². The van der Waals surface area contributed by atoms with Gasteiger partial charge in [-0.1, -0.05) is 88.8 Å². The fraction of sp³-hybridized carbons (Fsp3) is 0.667. The second-order valence-corrected chi connectivity index (χ2v) is 9.59. The van der Waals surface area contributed by atoms with E-state index in [9.17, 15) is 0 Å². The quantitative estimate of drug-likeness (QED) is 0.460. The molecule has 0 fully saturated rings. The van der Waals surface area contributed by atoms with Gasteiger partial charge in [-0.3, -0.25) is 0 Å². The average molecular weight is 359 g/mol. The van der Waals surface area contributed by atoms with E-state index in [1.807, 2.05) is 11.8 Å². The van der Waals surface area contributed by atoms with Crippen LogP contribution in [0.2, 0.25) is 0 Å². The Morgan fingerprint density at radius 1 is 0.760 bits per heavy atom. The van der Waals surface area contributed by atoms with Crippen LogP contribution in [0.15, 0.2) is 45.3 Å². The summed E-state index contributed by atoms with van der Waals surface area (Å²) in [5.41, 5.74) is 3.82. The highest BCUT2D eigenvalue weighted by atomic mass is 32.2. The first-order chi connectivity index (χ1) is 11.8. The molecule has 0 bridgehead atoms. The maximum atomic E-state index is 2.48. The van der Waals surface area contributed by atoms with E-state index in [4.69, 9.17) is 0 Å². The lowest BCUT2D eigenvalue weighted by Crippen LogP contribution is -2.28. The van der Waals surface area contributed by atoms with E-state index in [1.165, 1.54) is 35.5 Å². The number of hydrogen-bond acceptors (Lipinski definition) is 1. The Kier molecular flexibility index (Phi) is 6.52. The molecule has 1 heteroatoms. The Bertz CT molecular complexity index is 564. The molecule has 0 spiro atoms. The monoisotopic (exact) mass is 358 g/mol. The summed E-state index contributed by atoms with van der Waals surface area (Å²) in [4.78, 5) is 2.96.